The fourth-order valence-corrected chi connectivity index (χ4v) is 2.45. The van der Waals surface area contributed by atoms with E-state index in [1.54, 1.807) is 36.4 Å². The molecule has 0 saturated heterocycles. The average Bonchev–Trinajstić information content (AvgIpc) is 2.83. The quantitative estimate of drug-likeness (QED) is 0.497. The summed E-state index contributed by atoms with van der Waals surface area (Å²) in [5.41, 5.74) is 0.655. The second kappa shape index (κ2) is 4.77. The van der Waals surface area contributed by atoms with Crippen molar-refractivity contribution in [1.82, 2.24) is 0 Å². The number of hydrogen-bond acceptors (Lipinski definition) is 2. The Kier molecular flexibility index (Phi) is 3.10. The summed E-state index contributed by atoms with van der Waals surface area (Å²) in [5, 5.41) is 0.592. The highest BCUT2D eigenvalue weighted by atomic mass is 127. The molecule has 0 radical (unpaired) electrons. The van der Waals surface area contributed by atoms with Gasteiger partial charge in [0.15, 0.2) is 17.2 Å². The van der Waals surface area contributed by atoms with E-state index in [1.165, 1.54) is 6.07 Å². The summed E-state index contributed by atoms with van der Waals surface area (Å²) < 4.78 is 19.8. The van der Waals surface area contributed by atoms with Crippen LogP contribution < -0.4 is 0 Å². The summed E-state index contributed by atoms with van der Waals surface area (Å²) in [7, 11) is 0. The van der Waals surface area contributed by atoms with Crippen molar-refractivity contribution in [2.75, 3.05) is 0 Å². The van der Waals surface area contributed by atoms with Crippen LogP contribution in [0.4, 0.5) is 4.39 Å². The normalized spacial score (nSPS) is 10.8. The molecule has 2 nitrogen and oxygen atoms in total. The number of fused-ring (bicyclic) bond motifs is 1. The van der Waals surface area contributed by atoms with E-state index in [9.17, 15) is 9.18 Å². The largest absolute Gasteiger partial charge is 0.449 e. The predicted octanol–water partition coefficient (Wildman–Crippen LogP) is 4.41. The number of furan rings is 1. The number of carbonyl (C=O) groups excluding carboxylic acids is 1. The molecule has 0 bridgehead atoms. The Labute approximate surface area is 122 Å². The van der Waals surface area contributed by atoms with Crippen molar-refractivity contribution in [3.8, 4) is 0 Å². The highest BCUT2D eigenvalue weighted by Gasteiger charge is 2.16. The van der Waals surface area contributed by atoms with Gasteiger partial charge in [0.2, 0.25) is 5.78 Å². The van der Waals surface area contributed by atoms with Crippen LogP contribution in [-0.4, -0.2) is 5.78 Å². The Bertz CT molecular complexity index is 777. The minimum absolute atomic E-state index is 0.122. The Balaban J connectivity index is 2.09. The molecule has 94 valence electrons. The number of halogens is 2. The van der Waals surface area contributed by atoms with Gasteiger partial charge in [-0.25, -0.2) is 4.39 Å². The van der Waals surface area contributed by atoms with E-state index in [4.69, 9.17) is 4.42 Å². The molecule has 0 aliphatic carbocycles. The van der Waals surface area contributed by atoms with Gasteiger partial charge in [0.05, 0.1) is 0 Å². The van der Waals surface area contributed by atoms with Crippen LogP contribution in [0.15, 0.2) is 52.9 Å². The first-order chi connectivity index (χ1) is 9.15. The maximum absolute atomic E-state index is 13.5. The molecule has 3 aromatic rings. The minimum atomic E-state index is -0.459. The maximum atomic E-state index is 13.5. The van der Waals surface area contributed by atoms with E-state index in [-0.39, 0.29) is 17.1 Å². The first-order valence-corrected chi connectivity index (χ1v) is 6.71. The number of para-hydroxylation sites is 1. The summed E-state index contributed by atoms with van der Waals surface area (Å²) in [5.74, 6) is -0.546. The van der Waals surface area contributed by atoms with Gasteiger partial charge in [-0.05, 0) is 46.9 Å². The predicted molar refractivity (Wildman–Crippen MR) is 78.8 cm³/mol. The lowest BCUT2D eigenvalue weighted by atomic mass is 10.1. The highest BCUT2D eigenvalue weighted by molar-refractivity contribution is 14.1. The van der Waals surface area contributed by atoms with Crippen LogP contribution in [0, 0.1) is 9.39 Å². The molecule has 0 aliphatic heterocycles. The molecule has 0 atom stereocenters. The SMILES string of the molecule is O=C(c1cccc(I)c1)c1cc2cccc(F)c2o1. The molecular formula is C15H8FIO2. The lowest BCUT2D eigenvalue weighted by molar-refractivity contribution is 0.101. The molecule has 0 spiro atoms. The maximum Gasteiger partial charge on any atom is 0.228 e. The summed E-state index contributed by atoms with van der Waals surface area (Å²) >= 11 is 2.13. The van der Waals surface area contributed by atoms with Crippen LogP contribution in [0.2, 0.25) is 0 Å². The van der Waals surface area contributed by atoms with E-state index in [0.29, 0.717) is 10.9 Å². The first kappa shape index (κ1) is 12.3. The summed E-state index contributed by atoms with van der Waals surface area (Å²) in [6.45, 7) is 0. The van der Waals surface area contributed by atoms with Crippen LogP contribution in [0.1, 0.15) is 16.1 Å². The van der Waals surface area contributed by atoms with Crippen LogP contribution in [0.5, 0.6) is 0 Å². The van der Waals surface area contributed by atoms with Gasteiger partial charge in [-0.3, -0.25) is 4.79 Å². The molecule has 0 N–H and O–H groups in total. The second-order valence-corrected chi connectivity index (χ2v) is 5.35. The molecule has 1 aromatic heterocycles. The van der Waals surface area contributed by atoms with Gasteiger partial charge in [0, 0.05) is 14.5 Å². The van der Waals surface area contributed by atoms with Gasteiger partial charge in [0.1, 0.15) is 0 Å². The Morgan fingerprint density at radius 2 is 1.89 bits per heavy atom. The molecule has 0 aliphatic rings. The van der Waals surface area contributed by atoms with Crippen molar-refractivity contribution < 1.29 is 13.6 Å². The fourth-order valence-electron chi connectivity index (χ4n) is 1.91. The van der Waals surface area contributed by atoms with Crippen LogP contribution in [0.3, 0.4) is 0 Å². The lowest BCUT2D eigenvalue weighted by Gasteiger charge is -1.97. The molecule has 2 aromatic carbocycles. The van der Waals surface area contributed by atoms with Gasteiger partial charge in [-0.15, -0.1) is 0 Å². The Morgan fingerprint density at radius 1 is 1.11 bits per heavy atom. The lowest BCUT2D eigenvalue weighted by Crippen LogP contribution is -1.99. The van der Waals surface area contributed by atoms with E-state index >= 15 is 0 Å². The standard InChI is InChI=1S/C15H8FIO2/c16-12-6-2-4-10-8-13(19-15(10)12)14(18)9-3-1-5-11(17)7-9/h1-8H. The third-order valence-corrected chi connectivity index (χ3v) is 3.48. The molecule has 19 heavy (non-hydrogen) atoms. The van der Waals surface area contributed by atoms with Crippen molar-refractivity contribution in [2.24, 2.45) is 0 Å². The smallest absolute Gasteiger partial charge is 0.228 e. The number of rotatable bonds is 2. The van der Waals surface area contributed by atoms with E-state index in [2.05, 4.69) is 22.6 Å². The summed E-state index contributed by atoms with van der Waals surface area (Å²) in [6.07, 6.45) is 0. The van der Waals surface area contributed by atoms with Gasteiger partial charge >= 0.3 is 0 Å². The third kappa shape index (κ3) is 2.28. The van der Waals surface area contributed by atoms with Crippen LogP contribution >= 0.6 is 22.6 Å². The van der Waals surface area contributed by atoms with Crippen LogP contribution in [0.25, 0.3) is 11.0 Å². The zero-order valence-electron chi connectivity index (χ0n) is 9.69. The topological polar surface area (TPSA) is 30.2 Å². The zero-order chi connectivity index (χ0) is 13.4. The number of carbonyl (C=O) groups is 1. The number of benzene rings is 2. The highest BCUT2D eigenvalue weighted by Crippen LogP contribution is 2.24. The van der Waals surface area contributed by atoms with Gasteiger partial charge in [-0.1, -0.05) is 24.3 Å². The van der Waals surface area contributed by atoms with Crippen molar-refractivity contribution in [3.05, 3.63) is 69.2 Å². The summed E-state index contributed by atoms with van der Waals surface area (Å²) in [6, 6.07) is 13.4. The van der Waals surface area contributed by atoms with E-state index in [1.807, 2.05) is 6.07 Å². The molecule has 0 unspecified atom stereocenters. The minimum Gasteiger partial charge on any atom is -0.449 e. The van der Waals surface area contributed by atoms with Crippen molar-refractivity contribution in [1.29, 1.82) is 0 Å². The molecule has 1 heterocycles. The molecule has 0 saturated carbocycles. The fraction of sp³-hybridized carbons (Fsp3) is 0. The van der Waals surface area contributed by atoms with E-state index < -0.39 is 5.82 Å². The second-order valence-electron chi connectivity index (χ2n) is 4.11. The molecule has 0 amide bonds. The molecule has 0 fully saturated rings. The van der Waals surface area contributed by atoms with Gasteiger partial charge in [-0.2, -0.15) is 0 Å². The van der Waals surface area contributed by atoms with Gasteiger partial charge < -0.3 is 4.42 Å². The van der Waals surface area contributed by atoms with Crippen molar-refractivity contribution in [2.45, 2.75) is 0 Å². The molecule has 3 rings (SSSR count). The van der Waals surface area contributed by atoms with E-state index in [0.717, 1.165) is 3.57 Å². The Hall–Kier alpha value is -1.69. The molecule has 4 heteroatoms. The Morgan fingerprint density at radius 3 is 2.63 bits per heavy atom. The monoisotopic (exact) mass is 366 g/mol. The zero-order valence-corrected chi connectivity index (χ0v) is 11.8. The summed E-state index contributed by atoms with van der Waals surface area (Å²) in [4.78, 5) is 12.3. The third-order valence-electron chi connectivity index (χ3n) is 2.81. The van der Waals surface area contributed by atoms with Crippen molar-refractivity contribution >= 4 is 39.3 Å². The first-order valence-electron chi connectivity index (χ1n) is 5.63. The number of hydrogen-bond donors (Lipinski definition) is 0. The number of ketones is 1. The van der Waals surface area contributed by atoms with Crippen LogP contribution in [-0.2, 0) is 0 Å². The average molecular weight is 366 g/mol. The van der Waals surface area contributed by atoms with Gasteiger partial charge in [0.25, 0.3) is 0 Å². The molecular weight excluding hydrogens is 358 g/mol. The van der Waals surface area contributed by atoms with Crippen molar-refractivity contribution in [3.63, 3.8) is 0 Å².